The summed E-state index contributed by atoms with van der Waals surface area (Å²) in [4.78, 5) is 14.4. The van der Waals surface area contributed by atoms with E-state index in [0.29, 0.717) is 0 Å². The Morgan fingerprint density at radius 1 is 1.06 bits per heavy atom. The molecule has 7 nitrogen and oxygen atoms in total. The molecule has 0 radical (unpaired) electrons. The maximum Gasteiger partial charge on any atom is 0.266 e. The van der Waals surface area contributed by atoms with Crippen molar-refractivity contribution in [3.05, 3.63) is 35.2 Å². The molecule has 10 heteroatoms. The van der Waals surface area contributed by atoms with Crippen molar-refractivity contribution in [2.45, 2.75) is 4.90 Å². The van der Waals surface area contributed by atoms with E-state index in [1.165, 1.54) is 6.07 Å². The molecule has 0 aliphatic rings. The zero-order valence-corrected chi connectivity index (χ0v) is 10.9. The maximum atomic E-state index is 11.9. The molecule has 94 valence electrons. The third-order valence-electron chi connectivity index (χ3n) is 1.78. The molecule has 0 fully saturated rings. The molecule has 0 spiro atoms. The third-order valence-corrected chi connectivity index (χ3v) is 3.49. The lowest BCUT2D eigenvalue weighted by Gasteiger charge is -2.06. The van der Waals surface area contributed by atoms with E-state index in [-0.39, 0.29) is 21.2 Å². The molecular weight excluding hydrogens is 301 g/mol. The predicted molar refractivity (Wildman–Crippen MR) is 64.9 cm³/mol. The molecule has 18 heavy (non-hydrogen) atoms. The highest BCUT2D eigenvalue weighted by atomic mass is 35.5. The SMILES string of the molecule is O=S(=O)(Nc1cc(Cl)ncn1)c1cnc(Cl)nc1. The van der Waals surface area contributed by atoms with Crippen LogP contribution < -0.4 is 4.72 Å². The van der Waals surface area contributed by atoms with Crippen molar-refractivity contribution < 1.29 is 8.42 Å². The van der Waals surface area contributed by atoms with Crippen LogP contribution in [-0.4, -0.2) is 28.4 Å². The molecule has 2 rings (SSSR count). The number of anilines is 1. The average molecular weight is 306 g/mol. The number of hydrogen-bond donors (Lipinski definition) is 1. The van der Waals surface area contributed by atoms with Crippen molar-refractivity contribution >= 4 is 39.0 Å². The van der Waals surface area contributed by atoms with Crippen molar-refractivity contribution in [2.24, 2.45) is 0 Å². The van der Waals surface area contributed by atoms with Crippen molar-refractivity contribution in [2.75, 3.05) is 4.72 Å². The lowest BCUT2D eigenvalue weighted by Crippen LogP contribution is -2.14. The van der Waals surface area contributed by atoms with Gasteiger partial charge in [-0.05, 0) is 11.6 Å². The van der Waals surface area contributed by atoms with Crippen molar-refractivity contribution in [3.8, 4) is 0 Å². The van der Waals surface area contributed by atoms with Gasteiger partial charge >= 0.3 is 0 Å². The summed E-state index contributed by atoms with van der Waals surface area (Å²) in [6.07, 6.45) is 3.31. The van der Waals surface area contributed by atoms with Gasteiger partial charge < -0.3 is 0 Å². The van der Waals surface area contributed by atoms with Gasteiger partial charge in [0, 0.05) is 6.07 Å². The number of aromatic nitrogens is 4. The quantitative estimate of drug-likeness (QED) is 0.679. The Kier molecular flexibility index (Phi) is 3.60. The van der Waals surface area contributed by atoms with Gasteiger partial charge in [-0.3, -0.25) is 4.72 Å². The van der Waals surface area contributed by atoms with E-state index in [1.807, 2.05) is 0 Å². The molecule has 1 N–H and O–H groups in total. The summed E-state index contributed by atoms with van der Waals surface area (Å²) in [6.45, 7) is 0. The van der Waals surface area contributed by atoms with Gasteiger partial charge in [0.15, 0.2) is 0 Å². The van der Waals surface area contributed by atoms with Gasteiger partial charge in [0.2, 0.25) is 5.28 Å². The predicted octanol–water partition coefficient (Wildman–Crippen LogP) is 1.37. The Bertz CT molecular complexity index is 661. The molecule has 2 aromatic heterocycles. The Morgan fingerprint density at radius 2 is 1.72 bits per heavy atom. The van der Waals surface area contributed by atoms with Crippen LogP contribution in [0.3, 0.4) is 0 Å². The van der Waals surface area contributed by atoms with Crippen LogP contribution in [0.1, 0.15) is 0 Å². The number of nitrogens with one attached hydrogen (secondary N) is 1. The molecule has 0 atom stereocenters. The highest BCUT2D eigenvalue weighted by molar-refractivity contribution is 7.92. The van der Waals surface area contributed by atoms with Crippen molar-refractivity contribution in [1.29, 1.82) is 0 Å². The van der Waals surface area contributed by atoms with Gasteiger partial charge in [0.05, 0.1) is 12.4 Å². The molecule has 0 saturated carbocycles. The fourth-order valence-corrected chi connectivity index (χ4v) is 2.16. The maximum absolute atomic E-state index is 11.9. The van der Waals surface area contributed by atoms with Gasteiger partial charge in [0.1, 0.15) is 22.2 Å². The van der Waals surface area contributed by atoms with Crippen LogP contribution in [-0.2, 0) is 10.0 Å². The summed E-state index contributed by atoms with van der Waals surface area (Å²) in [5.41, 5.74) is 0. The van der Waals surface area contributed by atoms with E-state index in [0.717, 1.165) is 18.7 Å². The Balaban J connectivity index is 2.30. The van der Waals surface area contributed by atoms with Crippen LogP contribution in [0.4, 0.5) is 5.82 Å². The lowest BCUT2D eigenvalue weighted by atomic mass is 10.6. The van der Waals surface area contributed by atoms with E-state index in [9.17, 15) is 8.42 Å². The van der Waals surface area contributed by atoms with E-state index >= 15 is 0 Å². The Morgan fingerprint density at radius 3 is 2.33 bits per heavy atom. The highest BCUT2D eigenvalue weighted by Gasteiger charge is 2.16. The molecule has 0 aliphatic carbocycles. The molecule has 0 unspecified atom stereocenters. The fraction of sp³-hybridized carbons (Fsp3) is 0. The number of sulfonamides is 1. The minimum atomic E-state index is -3.83. The first-order valence-electron chi connectivity index (χ1n) is 4.45. The highest BCUT2D eigenvalue weighted by Crippen LogP contribution is 2.15. The van der Waals surface area contributed by atoms with Gasteiger partial charge in [-0.15, -0.1) is 0 Å². The Hall–Kier alpha value is -1.51. The monoisotopic (exact) mass is 305 g/mol. The zero-order valence-electron chi connectivity index (χ0n) is 8.58. The minimum absolute atomic E-state index is 0.0426. The van der Waals surface area contributed by atoms with Gasteiger partial charge in [-0.1, -0.05) is 11.6 Å². The summed E-state index contributed by atoms with van der Waals surface area (Å²) >= 11 is 11.1. The molecule has 2 heterocycles. The molecule has 2 aromatic rings. The summed E-state index contributed by atoms with van der Waals surface area (Å²) < 4.78 is 26.0. The number of nitrogens with zero attached hydrogens (tertiary/aromatic N) is 4. The first-order chi connectivity index (χ1) is 8.47. The number of rotatable bonds is 3. The van der Waals surface area contributed by atoms with E-state index < -0.39 is 10.0 Å². The van der Waals surface area contributed by atoms with Gasteiger partial charge in [-0.2, -0.15) is 0 Å². The smallest absolute Gasteiger partial charge is 0.263 e. The molecule has 0 saturated heterocycles. The van der Waals surface area contributed by atoms with E-state index in [4.69, 9.17) is 23.2 Å². The molecule has 0 aliphatic heterocycles. The normalized spacial score (nSPS) is 11.2. The summed E-state index contributed by atoms with van der Waals surface area (Å²) in [5, 5.41) is 0.0779. The van der Waals surface area contributed by atoms with Crippen LogP contribution in [0.15, 0.2) is 29.7 Å². The molecule has 0 aromatic carbocycles. The van der Waals surface area contributed by atoms with Crippen molar-refractivity contribution in [3.63, 3.8) is 0 Å². The number of halogens is 2. The standard InChI is InChI=1S/C8H5Cl2N5O2S/c9-6-1-7(14-4-13-6)15-18(16,17)5-2-11-8(10)12-3-5/h1-4H,(H,13,14,15). The van der Waals surface area contributed by atoms with Crippen LogP contribution in [0, 0.1) is 0 Å². The van der Waals surface area contributed by atoms with E-state index in [2.05, 4.69) is 24.7 Å². The summed E-state index contributed by atoms with van der Waals surface area (Å²) in [5.74, 6) is 0.0463. The first-order valence-corrected chi connectivity index (χ1v) is 6.69. The topological polar surface area (TPSA) is 97.7 Å². The zero-order chi connectivity index (χ0) is 13.2. The second-order valence-electron chi connectivity index (χ2n) is 3.02. The lowest BCUT2D eigenvalue weighted by molar-refractivity contribution is 0.600. The largest absolute Gasteiger partial charge is 0.266 e. The summed E-state index contributed by atoms with van der Waals surface area (Å²) in [6, 6.07) is 1.27. The molecule has 0 amide bonds. The fourth-order valence-electron chi connectivity index (χ4n) is 1.03. The van der Waals surface area contributed by atoms with Crippen LogP contribution in [0.25, 0.3) is 0 Å². The van der Waals surface area contributed by atoms with Crippen molar-refractivity contribution in [1.82, 2.24) is 19.9 Å². The Labute approximate surface area is 112 Å². The third kappa shape index (κ3) is 3.03. The van der Waals surface area contributed by atoms with Gasteiger partial charge in [-0.25, -0.2) is 28.4 Å². The average Bonchev–Trinajstić information content (AvgIpc) is 2.29. The second kappa shape index (κ2) is 5.01. The first kappa shape index (κ1) is 12.9. The van der Waals surface area contributed by atoms with Crippen LogP contribution >= 0.6 is 23.2 Å². The molecule has 0 bridgehead atoms. The van der Waals surface area contributed by atoms with Crippen LogP contribution in [0.2, 0.25) is 10.4 Å². The second-order valence-corrected chi connectivity index (χ2v) is 5.43. The molecular formula is C8H5Cl2N5O2S. The van der Waals surface area contributed by atoms with Gasteiger partial charge in [0.25, 0.3) is 10.0 Å². The number of hydrogen-bond acceptors (Lipinski definition) is 6. The summed E-state index contributed by atoms with van der Waals surface area (Å²) in [7, 11) is -3.83. The van der Waals surface area contributed by atoms with E-state index in [1.54, 1.807) is 0 Å². The van der Waals surface area contributed by atoms with Crippen LogP contribution in [0.5, 0.6) is 0 Å². The minimum Gasteiger partial charge on any atom is -0.263 e.